The fraction of sp³-hybridized carbons (Fsp3) is 0.571. The largest absolute Gasteiger partial charge is 0.396 e. The van der Waals surface area contributed by atoms with Crippen LogP contribution < -0.4 is 5.32 Å². The standard InChI is InChI=1S/C14H21NO4/c16-6-10-11(7-17)15-14(13(10)12(19)8-18)9-4-2-1-3-5-9/h1-5,10-19H,6-8H2/t10-,11+,12+,13+,14-/m0/s1. The molecular weight excluding hydrogens is 246 g/mol. The van der Waals surface area contributed by atoms with E-state index in [2.05, 4.69) is 5.32 Å². The predicted molar refractivity (Wildman–Crippen MR) is 70.4 cm³/mol. The van der Waals surface area contributed by atoms with Crippen LogP contribution in [0.25, 0.3) is 0 Å². The summed E-state index contributed by atoms with van der Waals surface area (Å²) < 4.78 is 0. The van der Waals surface area contributed by atoms with E-state index in [1.54, 1.807) is 0 Å². The smallest absolute Gasteiger partial charge is 0.0821 e. The molecule has 1 aromatic rings. The summed E-state index contributed by atoms with van der Waals surface area (Å²) in [5, 5.41) is 41.4. The van der Waals surface area contributed by atoms with Crippen LogP contribution in [0.1, 0.15) is 11.6 Å². The van der Waals surface area contributed by atoms with Crippen molar-refractivity contribution in [3.8, 4) is 0 Å². The summed E-state index contributed by atoms with van der Waals surface area (Å²) in [6.07, 6.45) is -0.925. The van der Waals surface area contributed by atoms with Crippen LogP contribution in [0.3, 0.4) is 0 Å². The molecule has 106 valence electrons. The Morgan fingerprint density at radius 1 is 1.05 bits per heavy atom. The van der Waals surface area contributed by atoms with Crippen molar-refractivity contribution >= 4 is 0 Å². The van der Waals surface area contributed by atoms with Gasteiger partial charge in [0, 0.05) is 30.5 Å². The molecule has 0 saturated carbocycles. The van der Waals surface area contributed by atoms with Crippen LogP contribution in [-0.2, 0) is 0 Å². The molecule has 1 saturated heterocycles. The van der Waals surface area contributed by atoms with Crippen LogP contribution in [0.15, 0.2) is 30.3 Å². The quantitative estimate of drug-likeness (QED) is 0.485. The summed E-state index contributed by atoms with van der Waals surface area (Å²) in [4.78, 5) is 0. The lowest BCUT2D eigenvalue weighted by molar-refractivity contribution is 0.00937. The summed E-state index contributed by atoms with van der Waals surface area (Å²) in [6.45, 7) is -0.600. The summed E-state index contributed by atoms with van der Waals surface area (Å²) >= 11 is 0. The van der Waals surface area contributed by atoms with Gasteiger partial charge in [0.2, 0.25) is 0 Å². The second kappa shape index (κ2) is 6.45. The second-order valence-electron chi connectivity index (χ2n) is 5.02. The molecule has 1 aromatic carbocycles. The highest BCUT2D eigenvalue weighted by molar-refractivity contribution is 5.23. The van der Waals surface area contributed by atoms with E-state index >= 15 is 0 Å². The average molecular weight is 267 g/mol. The van der Waals surface area contributed by atoms with Gasteiger partial charge in [0.15, 0.2) is 0 Å². The van der Waals surface area contributed by atoms with Crippen molar-refractivity contribution in [1.82, 2.24) is 5.32 Å². The van der Waals surface area contributed by atoms with E-state index in [4.69, 9.17) is 0 Å². The Balaban J connectivity index is 2.30. The minimum Gasteiger partial charge on any atom is -0.396 e. The summed E-state index contributed by atoms with van der Waals surface area (Å²) in [7, 11) is 0. The third kappa shape index (κ3) is 2.80. The maximum Gasteiger partial charge on any atom is 0.0821 e. The SMILES string of the molecule is OC[C@@H]1[C@H]([C@H](O)CO)[C@H](c2ccccc2)N[C@@H]1CO. The van der Waals surface area contributed by atoms with Gasteiger partial charge in [-0.15, -0.1) is 0 Å². The molecule has 0 aliphatic carbocycles. The molecule has 5 N–H and O–H groups in total. The van der Waals surface area contributed by atoms with Crippen LogP contribution in [0.5, 0.6) is 0 Å². The summed E-state index contributed by atoms with van der Waals surface area (Å²) in [6, 6.07) is 9.12. The first-order valence-corrected chi connectivity index (χ1v) is 6.54. The van der Waals surface area contributed by atoms with E-state index in [0.29, 0.717) is 0 Å². The van der Waals surface area contributed by atoms with Crippen LogP contribution in [0.4, 0.5) is 0 Å². The Labute approximate surface area is 112 Å². The number of aliphatic hydroxyl groups excluding tert-OH is 4. The fourth-order valence-corrected chi connectivity index (χ4v) is 3.03. The fourth-order valence-electron chi connectivity index (χ4n) is 3.03. The van der Waals surface area contributed by atoms with E-state index in [1.165, 1.54) is 0 Å². The highest BCUT2D eigenvalue weighted by atomic mass is 16.3. The van der Waals surface area contributed by atoms with Gasteiger partial charge in [-0.3, -0.25) is 0 Å². The highest BCUT2D eigenvalue weighted by Crippen LogP contribution is 2.39. The molecule has 5 nitrogen and oxygen atoms in total. The maximum absolute atomic E-state index is 10.0. The zero-order valence-electron chi connectivity index (χ0n) is 10.7. The van der Waals surface area contributed by atoms with Gasteiger partial charge in [0.25, 0.3) is 0 Å². The molecule has 5 heteroatoms. The molecule has 5 atom stereocenters. The van der Waals surface area contributed by atoms with Crippen molar-refractivity contribution in [3.63, 3.8) is 0 Å². The molecule has 0 unspecified atom stereocenters. The number of hydrogen-bond donors (Lipinski definition) is 5. The maximum atomic E-state index is 10.0. The number of benzene rings is 1. The van der Waals surface area contributed by atoms with Crippen LogP contribution >= 0.6 is 0 Å². The third-order valence-corrected chi connectivity index (χ3v) is 3.99. The van der Waals surface area contributed by atoms with Crippen molar-refractivity contribution in [2.24, 2.45) is 11.8 Å². The average Bonchev–Trinajstić information content (AvgIpc) is 2.85. The van der Waals surface area contributed by atoms with Gasteiger partial charge in [-0.05, 0) is 5.56 Å². The Morgan fingerprint density at radius 3 is 2.26 bits per heavy atom. The van der Waals surface area contributed by atoms with E-state index in [-0.39, 0.29) is 43.7 Å². The van der Waals surface area contributed by atoms with Gasteiger partial charge in [-0.2, -0.15) is 0 Å². The lowest BCUT2D eigenvalue weighted by atomic mass is 9.81. The normalized spacial score (nSPS) is 32.4. The van der Waals surface area contributed by atoms with E-state index in [1.807, 2.05) is 30.3 Å². The second-order valence-corrected chi connectivity index (χ2v) is 5.02. The van der Waals surface area contributed by atoms with Gasteiger partial charge in [0.1, 0.15) is 0 Å². The van der Waals surface area contributed by atoms with E-state index < -0.39 is 6.10 Å². The van der Waals surface area contributed by atoms with Crippen LogP contribution in [-0.4, -0.2) is 52.4 Å². The van der Waals surface area contributed by atoms with Gasteiger partial charge < -0.3 is 25.7 Å². The van der Waals surface area contributed by atoms with Gasteiger partial charge in [0.05, 0.1) is 19.3 Å². The highest BCUT2D eigenvalue weighted by Gasteiger charge is 2.45. The zero-order valence-corrected chi connectivity index (χ0v) is 10.7. The molecule has 0 radical (unpaired) electrons. The zero-order chi connectivity index (χ0) is 13.8. The molecule has 1 heterocycles. The van der Waals surface area contributed by atoms with Crippen molar-refractivity contribution in [1.29, 1.82) is 0 Å². The molecule has 0 aromatic heterocycles. The summed E-state index contributed by atoms with van der Waals surface area (Å²) in [5.74, 6) is -0.605. The molecule has 0 bridgehead atoms. The van der Waals surface area contributed by atoms with Gasteiger partial charge in [-0.1, -0.05) is 30.3 Å². The lowest BCUT2D eigenvalue weighted by Gasteiger charge is -2.27. The third-order valence-electron chi connectivity index (χ3n) is 3.99. The Morgan fingerprint density at radius 2 is 1.74 bits per heavy atom. The Kier molecular flexibility index (Phi) is 4.90. The summed E-state index contributed by atoms with van der Waals surface area (Å²) in [5.41, 5.74) is 0.981. The molecule has 0 amide bonds. The first-order valence-electron chi connectivity index (χ1n) is 6.54. The van der Waals surface area contributed by atoms with E-state index in [9.17, 15) is 20.4 Å². The number of aliphatic hydroxyl groups is 4. The minimum absolute atomic E-state index is 0.108. The van der Waals surface area contributed by atoms with Crippen LogP contribution in [0, 0.1) is 11.8 Å². The minimum atomic E-state index is -0.925. The number of rotatable bonds is 5. The van der Waals surface area contributed by atoms with E-state index in [0.717, 1.165) is 5.56 Å². The Bertz CT molecular complexity index is 386. The first-order chi connectivity index (χ1) is 9.22. The molecule has 1 aliphatic rings. The predicted octanol–water partition coefficient (Wildman–Crippen LogP) is -0.730. The van der Waals surface area contributed by atoms with Gasteiger partial charge in [-0.25, -0.2) is 0 Å². The monoisotopic (exact) mass is 267 g/mol. The molecular formula is C14H21NO4. The molecule has 1 aliphatic heterocycles. The van der Waals surface area contributed by atoms with Crippen LogP contribution in [0.2, 0.25) is 0 Å². The number of nitrogens with one attached hydrogen (secondary N) is 1. The van der Waals surface area contributed by atoms with Crippen molar-refractivity contribution < 1.29 is 20.4 Å². The van der Waals surface area contributed by atoms with Crippen molar-refractivity contribution in [2.45, 2.75) is 18.2 Å². The van der Waals surface area contributed by atoms with Crippen molar-refractivity contribution in [3.05, 3.63) is 35.9 Å². The van der Waals surface area contributed by atoms with Crippen molar-refractivity contribution in [2.75, 3.05) is 19.8 Å². The molecule has 2 rings (SSSR count). The van der Waals surface area contributed by atoms with Gasteiger partial charge >= 0.3 is 0 Å². The topological polar surface area (TPSA) is 93.0 Å². The Hall–Kier alpha value is -0.980. The number of hydrogen-bond acceptors (Lipinski definition) is 5. The lowest BCUT2D eigenvalue weighted by Crippen LogP contribution is -2.36. The molecule has 1 fully saturated rings. The molecule has 19 heavy (non-hydrogen) atoms. The molecule has 0 spiro atoms. The first kappa shape index (κ1) is 14.4.